The number of rotatable bonds is 6. The molecule has 20 heavy (non-hydrogen) atoms. The lowest BCUT2D eigenvalue weighted by atomic mass is 9.90. The predicted molar refractivity (Wildman–Crippen MR) is 81.6 cm³/mol. The third-order valence-corrected chi connectivity index (χ3v) is 6.06. The Morgan fingerprint density at radius 3 is 2.60 bits per heavy atom. The number of halogens is 1. The molecule has 4 nitrogen and oxygen atoms in total. The molecule has 112 valence electrons. The van der Waals surface area contributed by atoms with Gasteiger partial charge in [-0.2, -0.15) is 0 Å². The molecule has 2 atom stereocenters. The molecule has 0 saturated carbocycles. The second-order valence-corrected chi connectivity index (χ2v) is 8.34. The Morgan fingerprint density at radius 1 is 1.35 bits per heavy atom. The summed E-state index contributed by atoms with van der Waals surface area (Å²) in [6.45, 7) is 0.507. The summed E-state index contributed by atoms with van der Waals surface area (Å²) in [5, 5.41) is 9.43. The van der Waals surface area contributed by atoms with E-state index in [-0.39, 0.29) is 29.9 Å². The Hall–Kier alpha value is -0.590. The van der Waals surface area contributed by atoms with Crippen LogP contribution in [0.4, 0.5) is 0 Å². The van der Waals surface area contributed by atoms with Gasteiger partial charge < -0.3 is 9.84 Å². The molecule has 0 aliphatic carbocycles. The minimum atomic E-state index is -2.89. The number of hydrogen-bond acceptors (Lipinski definition) is 4. The summed E-state index contributed by atoms with van der Waals surface area (Å²) in [7, 11) is -2.89. The molecule has 2 unspecified atom stereocenters. The Bertz CT molecular complexity index is 527. The highest BCUT2D eigenvalue weighted by Crippen LogP contribution is 2.28. The average molecular weight is 363 g/mol. The van der Waals surface area contributed by atoms with Crippen molar-refractivity contribution in [1.29, 1.82) is 0 Å². The lowest BCUT2D eigenvalue weighted by molar-refractivity contribution is 0.153. The fraction of sp³-hybridized carbons (Fsp3) is 0.571. The van der Waals surface area contributed by atoms with E-state index in [9.17, 15) is 13.5 Å². The van der Waals surface area contributed by atoms with Crippen LogP contribution in [0.15, 0.2) is 28.7 Å². The van der Waals surface area contributed by atoms with E-state index in [0.29, 0.717) is 19.4 Å². The van der Waals surface area contributed by atoms with Gasteiger partial charge in [-0.05, 0) is 48.9 Å². The first-order valence-electron chi connectivity index (χ1n) is 6.70. The van der Waals surface area contributed by atoms with Gasteiger partial charge in [-0.15, -0.1) is 0 Å². The van der Waals surface area contributed by atoms with Gasteiger partial charge in [-0.1, -0.05) is 15.9 Å². The van der Waals surface area contributed by atoms with E-state index in [2.05, 4.69) is 15.9 Å². The zero-order valence-electron chi connectivity index (χ0n) is 11.2. The molecule has 1 aliphatic heterocycles. The van der Waals surface area contributed by atoms with Crippen molar-refractivity contribution in [2.45, 2.75) is 12.8 Å². The van der Waals surface area contributed by atoms with Crippen molar-refractivity contribution in [3.05, 3.63) is 28.7 Å². The Balaban J connectivity index is 1.81. The highest BCUT2D eigenvalue weighted by molar-refractivity contribution is 9.10. The molecule has 0 radical (unpaired) electrons. The van der Waals surface area contributed by atoms with Crippen LogP contribution in [0.25, 0.3) is 0 Å². The molecule has 1 N–H and O–H groups in total. The van der Waals surface area contributed by atoms with Gasteiger partial charge in [-0.3, -0.25) is 0 Å². The standard InChI is InChI=1S/C14H19BrO4S/c15-13-1-3-14(4-2-13)19-7-5-11(9-16)12-6-8-20(17,18)10-12/h1-4,11-12,16H,5-10H2. The average Bonchev–Trinajstić information content (AvgIpc) is 2.77. The maximum absolute atomic E-state index is 11.5. The van der Waals surface area contributed by atoms with E-state index in [4.69, 9.17) is 4.74 Å². The maximum atomic E-state index is 11.5. The number of hydrogen-bond donors (Lipinski definition) is 1. The second kappa shape index (κ2) is 6.91. The summed E-state index contributed by atoms with van der Waals surface area (Å²) < 4.78 is 29.6. The summed E-state index contributed by atoms with van der Waals surface area (Å²) in [6.07, 6.45) is 1.33. The number of aliphatic hydroxyl groups excluding tert-OH is 1. The van der Waals surface area contributed by atoms with Crippen molar-refractivity contribution < 1.29 is 18.3 Å². The quantitative estimate of drug-likeness (QED) is 0.842. The fourth-order valence-corrected chi connectivity index (χ4v) is 4.71. The largest absolute Gasteiger partial charge is 0.494 e. The van der Waals surface area contributed by atoms with Crippen LogP contribution in [-0.4, -0.2) is 38.2 Å². The molecule has 1 aliphatic rings. The van der Waals surface area contributed by atoms with E-state index in [0.717, 1.165) is 10.2 Å². The second-order valence-electron chi connectivity index (χ2n) is 5.20. The first-order valence-corrected chi connectivity index (χ1v) is 9.31. The van der Waals surface area contributed by atoms with Crippen molar-refractivity contribution in [2.24, 2.45) is 11.8 Å². The molecule has 1 heterocycles. The molecular weight excluding hydrogens is 344 g/mol. The molecule has 0 bridgehead atoms. The van der Waals surface area contributed by atoms with Crippen LogP contribution in [0.2, 0.25) is 0 Å². The minimum Gasteiger partial charge on any atom is -0.494 e. The molecule has 6 heteroatoms. The van der Waals surface area contributed by atoms with Gasteiger partial charge in [0.25, 0.3) is 0 Å². The van der Waals surface area contributed by atoms with Crippen LogP contribution in [-0.2, 0) is 9.84 Å². The van der Waals surface area contributed by atoms with Gasteiger partial charge in [0, 0.05) is 11.1 Å². The molecule has 0 amide bonds. The number of sulfone groups is 1. The molecule has 1 aromatic carbocycles. The van der Waals surface area contributed by atoms with Crippen molar-refractivity contribution in [2.75, 3.05) is 24.7 Å². The van der Waals surface area contributed by atoms with Crippen molar-refractivity contribution in [1.82, 2.24) is 0 Å². The minimum absolute atomic E-state index is 0.00252. The molecule has 0 aromatic heterocycles. The monoisotopic (exact) mass is 362 g/mol. The van der Waals surface area contributed by atoms with Crippen molar-refractivity contribution >= 4 is 25.8 Å². The van der Waals surface area contributed by atoms with E-state index < -0.39 is 9.84 Å². The van der Waals surface area contributed by atoms with Gasteiger partial charge >= 0.3 is 0 Å². The smallest absolute Gasteiger partial charge is 0.150 e. The van der Waals surface area contributed by atoms with E-state index in [1.54, 1.807) is 0 Å². The third kappa shape index (κ3) is 4.46. The summed E-state index contributed by atoms with van der Waals surface area (Å²) in [6, 6.07) is 7.56. The summed E-state index contributed by atoms with van der Waals surface area (Å²) in [4.78, 5) is 0. The molecule has 1 aromatic rings. The predicted octanol–water partition coefficient (Wildman–Crippen LogP) is 2.26. The highest BCUT2D eigenvalue weighted by atomic mass is 79.9. The summed E-state index contributed by atoms with van der Waals surface area (Å²) in [5.74, 6) is 1.31. The molecular formula is C14H19BrO4S. The SMILES string of the molecule is O=S1(=O)CCC(C(CO)CCOc2ccc(Br)cc2)C1. The molecule has 0 spiro atoms. The third-order valence-electron chi connectivity index (χ3n) is 3.74. The Labute approximate surface area is 128 Å². The molecule has 1 saturated heterocycles. The zero-order valence-corrected chi connectivity index (χ0v) is 13.6. The Morgan fingerprint density at radius 2 is 2.05 bits per heavy atom. The number of ether oxygens (including phenoxy) is 1. The van der Waals surface area contributed by atoms with Crippen LogP contribution in [0.1, 0.15) is 12.8 Å². The summed E-state index contributed by atoms with van der Waals surface area (Å²) >= 11 is 3.36. The van der Waals surface area contributed by atoms with Gasteiger partial charge in [0.2, 0.25) is 0 Å². The van der Waals surface area contributed by atoms with Crippen LogP contribution in [0.3, 0.4) is 0 Å². The number of benzene rings is 1. The van der Waals surface area contributed by atoms with Crippen molar-refractivity contribution in [3.63, 3.8) is 0 Å². The molecule has 2 rings (SSSR count). The van der Waals surface area contributed by atoms with E-state index in [1.807, 2.05) is 24.3 Å². The lowest BCUT2D eigenvalue weighted by Gasteiger charge is -2.20. The van der Waals surface area contributed by atoms with Crippen LogP contribution in [0, 0.1) is 11.8 Å². The maximum Gasteiger partial charge on any atom is 0.150 e. The first kappa shape index (κ1) is 15.8. The fourth-order valence-electron chi connectivity index (χ4n) is 2.53. The Kier molecular flexibility index (Phi) is 5.46. The zero-order chi connectivity index (χ0) is 14.6. The number of aliphatic hydroxyl groups is 1. The van der Waals surface area contributed by atoms with Gasteiger partial charge in [0.15, 0.2) is 9.84 Å². The van der Waals surface area contributed by atoms with Crippen molar-refractivity contribution in [3.8, 4) is 5.75 Å². The van der Waals surface area contributed by atoms with E-state index in [1.165, 1.54) is 0 Å². The van der Waals surface area contributed by atoms with Gasteiger partial charge in [0.05, 0.1) is 18.1 Å². The first-order chi connectivity index (χ1) is 9.50. The lowest BCUT2D eigenvalue weighted by Crippen LogP contribution is -2.22. The summed E-state index contributed by atoms with van der Waals surface area (Å²) in [5.41, 5.74) is 0. The highest BCUT2D eigenvalue weighted by Gasteiger charge is 2.33. The van der Waals surface area contributed by atoms with Crippen LogP contribution >= 0.6 is 15.9 Å². The normalized spacial score (nSPS) is 22.6. The topological polar surface area (TPSA) is 63.6 Å². The van der Waals surface area contributed by atoms with Crippen LogP contribution < -0.4 is 4.74 Å². The van der Waals surface area contributed by atoms with Gasteiger partial charge in [-0.25, -0.2) is 8.42 Å². The molecule has 1 fully saturated rings. The van der Waals surface area contributed by atoms with Crippen LogP contribution in [0.5, 0.6) is 5.75 Å². The van der Waals surface area contributed by atoms with Gasteiger partial charge in [0.1, 0.15) is 5.75 Å². The van der Waals surface area contributed by atoms with E-state index >= 15 is 0 Å².